The summed E-state index contributed by atoms with van der Waals surface area (Å²) in [6.45, 7) is 0. The van der Waals surface area contributed by atoms with Crippen LogP contribution in [-0.2, 0) is 0 Å². The number of nitrogens with one attached hydrogen (secondary N) is 2. The van der Waals surface area contributed by atoms with Crippen molar-refractivity contribution in [1.82, 2.24) is 21.0 Å². The summed E-state index contributed by atoms with van der Waals surface area (Å²) in [6.07, 6.45) is 0.856. The van der Waals surface area contributed by atoms with Crippen molar-refractivity contribution < 1.29 is 4.52 Å². The molecule has 0 aliphatic carbocycles. The fraction of sp³-hybridized carbons (Fsp3) is 0.143. The number of fused-ring (bicyclic) bond motifs is 1. The van der Waals surface area contributed by atoms with Crippen molar-refractivity contribution in [1.29, 1.82) is 0 Å². The first-order valence-corrected chi connectivity index (χ1v) is 8.75. The van der Waals surface area contributed by atoms with Crippen LogP contribution in [0.2, 0.25) is 0 Å². The summed E-state index contributed by atoms with van der Waals surface area (Å²) in [5.41, 5.74) is 8.85. The molecule has 1 fully saturated rings. The van der Waals surface area contributed by atoms with Crippen LogP contribution in [0.15, 0.2) is 77.3 Å². The first kappa shape index (κ1) is 15.3. The molecule has 0 bridgehead atoms. The van der Waals surface area contributed by atoms with Crippen LogP contribution in [0.3, 0.4) is 0 Å². The SMILES string of the molecule is c1ccc(-c2noc(C3CC(c4ccc5ccccc5c4)NN3)n2)cc1. The summed E-state index contributed by atoms with van der Waals surface area (Å²) in [7, 11) is 0. The highest BCUT2D eigenvalue weighted by molar-refractivity contribution is 5.83. The molecule has 2 unspecified atom stereocenters. The minimum absolute atomic E-state index is 0.00330. The van der Waals surface area contributed by atoms with Gasteiger partial charge in [0.05, 0.1) is 0 Å². The van der Waals surface area contributed by atoms with E-state index in [2.05, 4.69) is 63.5 Å². The number of aromatic nitrogens is 2. The number of hydrogen-bond donors (Lipinski definition) is 2. The van der Waals surface area contributed by atoms with Gasteiger partial charge in [0.25, 0.3) is 0 Å². The molecule has 1 aromatic heterocycles. The molecule has 2 N–H and O–H groups in total. The van der Waals surface area contributed by atoms with Crippen LogP contribution in [0, 0.1) is 0 Å². The van der Waals surface area contributed by atoms with Crippen LogP contribution in [0.5, 0.6) is 0 Å². The van der Waals surface area contributed by atoms with Gasteiger partial charge in [-0.1, -0.05) is 71.9 Å². The van der Waals surface area contributed by atoms with Gasteiger partial charge in [-0.25, -0.2) is 10.9 Å². The molecule has 5 nitrogen and oxygen atoms in total. The monoisotopic (exact) mass is 342 g/mol. The lowest BCUT2D eigenvalue weighted by Crippen LogP contribution is -2.26. The Balaban J connectivity index is 1.36. The number of nitrogens with zero attached hydrogens (tertiary/aromatic N) is 2. The van der Waals surface area contributed by atoms with Gasteiger partial charge in [0, 0.05) is 11.6 Å². The van der Waals surface area contributed by atoms with Crippen molar-refractivity contribution in [3.8, 4) is 11.4 Å². The van der Waals surface area contributed by atoms with Crippen molar-refractivity contribution >= 4 is 10.8 Å². The summed E-state index contributed by atoms with van der Waals surface area (Å²) in [6, 6.07) is 25.1. The van der Waals surface area contributed by atoms with Crippen molar-refractivity contribution in [3.63, 3.8) is 0 Å². The predicted molar refractivity (Wildman–Crippen MR) is 100 cm³/mol. The summed E-state index contributed by atoms with van der Waals surface area (Å²) in [5, 5.41) is 6.62. The van der Waals surface area contributed by atoms with Gasteiger partial charge in [-0.3, -0.25) is 0 Å². The quantitative estimate of drug-likeness (QED) is 0.585. The second-order valence-corrected chi connectivity index (χ2v) is 6.56. The van der Waals surface area contributed by atoms with Crippen LogP contribution >= 0.6 is 0 Å². The van der Waals surface area contributed by atoms with E-state index in [9.17, 15) is 0 Å². The molecule has 1 aliphatic heterocycles. The third kappa shape index (κ3) is 2.77. The fourth-order valence-electron chi connectivity index (χ4n) is 3.44. The van der Waals surface area contributed by atoms with Crippen LogP contribution < -0.4 is 10.9 Å². The van der Waals surface area contributed by atoms with E-state index in [1.165, 1.54) is 16.3 Å². The molecular formula is C21H18N4O. The number of benzene rings is 3. The van der Waals surface area contributed by atoms with Gasteiger partial charge in [0.15, 0.2) is 0 Å². The molecule has 5 rings (SSSR count). The molecule has 128 valence electrons. The lowest BCUT2D eigenvalue weighted by molar-refractivity contribution is 0.340. The minimum Gasteiger partial charge on any atom is -0.337 e. The van der Waals surface area contributed by atoms with Crippen molar-refractivity contribution in [2.45, 2.75) is 18.5 Å². The topological polar surface area (TPSA) is 63.0 Å². The Kier molecular flexibility index (Phi) is 3.74. The smallest absolute Gasteiger partial charge is 0.245 e. The summed E-state index contributed by atoms with van der Waals surface area (Å²) >= 11 is 0. The molecule has 3 aromatic carbocycles. The fourth-order valence-corrected chi connectivity index (χ4v) is 3.44. The van der Waals surface area contributed by atoms with Crippen LogP contribution in [-0.4, -0.2) is 10.1 Å². The molecule has 0 radical (unpaired) electrons. The molecule has 5 heteroatoms. The Labute approximate surface area is 151 Å². The Morgan fingerprint density at radius 1 is 0.808 bits per heavy atom. The molecule has 0 saturated carbocycles. The van der Waals surface area contributed by atoms with E-state index in [0.717, 1.165) is 12.0 Å². The van der Waals surface area contributed by atoms with Gasteiger partial charge < -0.3 is 4.52 Å². The first-order valence-electron chi connectivity index (χ1n) is 8.75. The molecule has 0 amide bonds. The highest BCUT2D eigenvalue weighted by Crippen LogP contribution is 2.32. The van der Waals surface area contributed by atoms with E-state index < -0.39 is 0 Å². The highest BCUT2D eigenvalue weighted by Gasteiger charge is 2.30. The number of hydrazine groups is 1. The third-order valence-corrected chi connectivity index (χ3v) is 4.85. The minimum atomic E-state index is -0.00330. The van der Waals surface area contributed by atoms with E-state index in [1.54, 1.807) is 0 Å². The average Bonchev–Trinajstić information content (AvgIpc) is 3.38. The Morgan fingerprint density at radius 3 is 2.46 bits per heavy atom. The Hall–Kier alpha value is -3.02. The summed E-state index contributed by atoms with van der Waals surface area (Å²) < 4.78 is 5.49. The second kappa shape index (κ2) is 6.37. The Bertz CT molecular complexity index is 1040. The van der Waals surface area contributed by atoms with E-state index >= 15 is 0 Å². The third-order valence-electron chi connectivity index (χ3n) is 4.85. The molecule has 4 aromatic rings. The average molecular weight is 342 g/mol. The maximum Gasteiger partial charge on any atom is 0.245 e. The van der Waals surface area contributed by atoms with Gasteiger partial charge in [-0.15, -0.1) is 0 Å². The van der Waals surface area contributed by atoms with Crippen LogP contribution in [0.4, 0.5) is 0 Å². The highest BCUT2D eigenvalue weighted by atomic mass is 16.5. The molecule has 26 heavy (non-hydrogen) atoms. The maximum atomic E-state index is 5.49. The second-order valence-electron chi connectivity index (χ2n) is 6.56. The summed E-state index contributed by atoms with van der Waals surface area (Å²) in [5.74, 6) is 1.23. The van der Waals surface area contributed by atoms with E-state index in [-0.39, 0.29) is 12.1 Å². The van der Waals surface area contributed by atoms with Gasteiger partial charge in [-0.2, -0.15) is 4.98 Å². The van der Waals surface area contributed by atoms with E-state index in [0.29, 0.717) is 11.7 Å². The lowest BCUT2D eigenvalue weighted by Gasteiger charge is -2.10. The van der Waals surface area contributed by atoms with Gasteiger partial charge in [0.2, 0.25) is 11.7 Å². The molecule has 0 spiro atoms. The maximum absolute atomic E-state index is 5.49. The van der Waals surface area contributed by atoms with Gasteiger partial charge in [0.1, 0.15) is 6.04 Å². The van der Waals surface area contributed by atoms with Crippen LogP contribution in [0.1, 0.15) is 30.0 Å². The lowest BCUT2D eigenvalue weighted by atomic mass is 9.99. The molecule has 2 heterocycles. The largest absolute Gasteiger partial charge is 0.337 e. The molecule has 1 saturated heterocycles. The molecular weight excluding hydrogens is 324 g/mol. The predicted octanol–water partition coefficient (Wildman–Crippen LogP) is 4.17. The number of rotatable bonds is 3. The van der Waals surface area contributed by atoms with Gasteiger partial charge in [-0.05, 0) is 28.8 Å². The van der Waals surface area contributed by atoms with E-state index in [4.69, 9.17) is 4.52 Å². The normalized spacial score (nSPS) is 19.8. The zero-order valence-electron chi connectivity index (χ0n) is 14.1. The van der Waals surface area contributed by atoms with Crippen LogP contribution in [0.25, 0.3) is 22.2 Å². The standard InChI is InChI=1S/C21H18N4O/c1-2-7-15(8-3-1)20-22-21(26-25-20)19-13-18(23-24-19)17-11-10-14-6-4-5-9-16(14)12-17/h1-12,18-19,23-24H,13H2. The van der Waals surface area contributed by atoms with Crippen molar-refractivity contribution in [3.05, 3.63) is 84.3 Å². The van der Waals surface area contributed by atoms with Crippen molar-refractivity contribution in [2.75, 3.05) is 0 Å². The van der Waals surface area contributed by atoms with Gasteiger partial charge >= 0.3 is 0 Å². The molecule has 1 aliphatic rings. The summed E-state index contributed by atoms with van der Waals surface area (Å²) in [4.78, 5) is 4.56. The number of hydrogen-bond acceptors (Lipinski definition) is 5. The first-order chi connectivity index (χ1) is 12.9. The molecule has 2 atom stereocenters. The van der Waals surface area contributed by atoms with Crippen molar-refractivity contribution in [2.24, 2.45) is 0 Å². The van der Waals surface area contributed by atoms with E-state index in [1.807, 2.05) is 30.3 Å². The zero-order valence-corrected chi connectivity index (χ0v) is 14.1. The zero-order chi connectivity index (χ0) is 17.3. The Morgan fingerprint density at radius 2 is 1.58 bits per heavy atom.